The van der Waals surface area contributed by atoms with E-state index in [0.717, 1.165) is 50.0 Å². The first-order valence-corrected chi connectivity index (χ1v) is 15.1. The molecule has 3 heterocycles. The van der Waals surface area contributed by atoms with Crippen LogP contribution in [0.1, 0.15) is 12.8 Å². The van der Waals surface area contributed by atoms with Crippen LogP contribution in [0.3, 0.4) is 0 Å². The van der Waals surface area contributed by atoms with E-state index in [-0.39, 0.29) is 0 Å². The molecule has 0 bridgehead atoms. The molecule has 0 aromatic rings. The van der Waals surface area contributed by atoms with Crippen molar-refractivity contribution in [2.75, 3.05) is 11.5 Å². The van der Waals surface area contributed by atoms with Gasteiger partial charge in [-0.1, -0.05) is 0 Å². The predicted molar refractivity (Wildman–Crippen MR) is 91.9 cm³/mol. The van der Waals surface area contributed by atoms with Gasteiger partial charge < -0.3 is 0 Å². The summed E-state index contributed by atoms with van der Waals surface area (Å²) in [5, 5.41) is 5.18. The fourth-order valence-corrected chi connectivity index (χ4v) is 16.5. The molecule has 0 nitrogen and oxygen atoms in total. The molecule has 0 N–H and O–H groups in total. The zero-order valence-corrected chi connectivity index (χ0v) is 19.7. The molecular formula is C12H16S2Se2Te2. The van der Waals surface area contributed by atoms with Crippen molar-refractivity contribution >= 4 is 104 Å². The number of rotatable bonds is 6. The van der Waals surface area contributed by atoms with Crippen LogP contribution in [0.4, 0.5) is 0 Å². The van der Waals surface area contributed by atoms with Gasteiger partial charge in [0.05, 0.1) is 0 Å². The van der Waals surface area contributed by atoms with Crippen LogP contribution < -0.4 is 0 Å². The van der Waals surface area contributed by atoms with E-state index in [1.165, 1.54) is 24.3 Å². The van der Waals surface area contributed by atoms with E-state index < -0.39 is 0 Å². The van der Waals surface area contributed by atoms with E-state index in [2.05, 4.69) is 67.2 Å². The Kier molecular flexibility index (Phi) is 6.69. The van der Waals surface area contributed by atoms with Crippen molar-refractivity contribution in [3.8, 4) is 0 Å². The van der Waals surface area contributed by atoms with E-state index in [4.69, 9.17) is 0 Å². The van der Waals surface area contributed by atoms with Gasteiger partial charge in [-0.15, -0.1) is 0 Å². The maximum absolute atomic E-state index is 2.39. The topological polar surface area (TPSA) is 0 Å². The molecule has 3 fully saturated rings. The Morgan fingerprint density at radius 3 is 1.78 bits per heavy atom. The van der Waals surface area contributed by atoms with Crippen LogP contribution in [-0.2, 0) is 0 Å². The number of hydrogen-bond acceptors (Lipinski definition) is 2. The first-order valence-electron chi connectivity index (χ1n) is 6.24. The molecule has 0 spiro atoms. The van der Waals surface area contributed by atoms with Crippen molar-refractivity contribution in [1.82, 2.24) is 0 Å². The molecule has 3 aliphatic rings. The van der Waals surface area contributed by atoms with Crippen LogP contribution in [0.2, 0.25) is 20.3 Å². The van der Waals surface area contributed by atoms with Crippen LogP contribution in [0.25, 0.3) is 0 Å². The second-order valence-corrected chi connectivity index (χ2v) is 15.8. The zero-order valence-electron chi connectivity index (χ0n) is 10.0. The van der Waals surface area contributed by atoms with Gasteiger partial charge >= 0.3 is 159 Å². The van der Waals surface area contributed by atoms with E-state index in [1.807, 2.05) is 7.10 Å². The van der Waals surface area contributed by atoms with Gasteiger partial charge in [-0.25, -0.2) is 0 Å². The van der Waals surface area contributed by atoms with E-state index in [1.54, 1.807) is 10.6 Å². The Morgan fingerprint density at radius 1 is 0.944 bits per heavy atom. The summed E-state index contributed by atoms with van der Waals surface area (Å²) in [4.78, 5) is 2.09. The van der Waals surface area contributed by atoms with Crippen molar-refractivity contribution in [3.05, 3.63) is 0 Å². The summed E-state index contributed by atoms with van der Waals surface area (Å²) in [6.07, 6.45) is 2.89. The molecule has 4 atom stereocenters. The van der Waals surface area contributed by atoms with E-state index in [9.17, 15) is 0 Å². The molecule has 0 amide bonds. The maximum atomic E-state index is 2.39. The molecule has 0 saturated carbocycles. The number of hydrogen-bond donors (Lipinski definition) is 0. The third kappa shape index (κ3) is 5.06. The Labute approximate surface area is 157 Å². The predicted octanol–water partition coefficient (Wildman–Crippen LogP) is 1.51. The van der Waals surface area contributed by atoms with Crippen molar-refractivity contribution in [3.63, 3.8) is 0 Å². The minimum absolute atomic E-state index is 0.887. The quantitative estimate of drug-likeness (QED) is 0.320. The summed E-state index contributed by atoms with van der Waals surface area (Å²) >= 11 is 10.9. The van der Waals surface area contributed by atoms with Gasteiger partial charge in [0.15, 0.2) is 0 Å². The Balaban J connectivity index is 1.50. The van der Waals surface area contributed by atoms with Crippen LogP contribution >= 0.6 is 23.5 Å². The molecule has 0 aliphatic carbocycles. The summed E-state index contributed by atoms with van der Waals surface area (Å²) in [6.45, 7) is 0. The molecule has 4 unspecified atom stereocenters. The van der Waals surface area contributed by atoms with Crippen LogP contribution in [0, 0.1) is 0 Å². The van der Waals surface area contributed by atoms with Crippen LogP contribution in [0.5, 0.6) is 0 Å². The summed E-state index contributed by atoms with van der Waals surface area (Å²) in [5.41, 5.74) is 0. The van der Waals surface area contributed by atoms with Gasteiger partial charge in [-0.3, -0.25) is 0 Å². The molecule has 3 rings (SSSR count). The second-order valence-electron chi connectivity index (χ2n) is 4.90. The van der Waals surface area contributed by atoms with Gasteiger partial charge in [-0.05, 0) is 0 Å². The SMILES string of the molecule is [Te]=C(CC1CS1)C1C[Se]CC(C(=[Te])CC2CS2)[Se]1. The van der Waals surface area contributed by atoms with Crippen molar-refractivity contribution in [1.29, 1.82) is 0 Å². The van der Waals surface area contributed by atoms with Gasteiger partial charge in [0.2, 0.25) is 0 Å². The Morgan fingerprint density at radius 2 is 1.39 bits per heavy atom. The molecule has 0 aromatic heterocycles. The summed E-state index contributed by atoms with van der Waals surface area (Å²) < 4.78 is 3.75. The molecule has 0 radical (unpaired) electrons. The molecule has 3 saturated heterocycles. The molecule has 3 aliphatic heterocycles. The Bertz CT molecular complexity index is 324. The summed E-state index contributed by atoms with van der Waals surface area (Å²) in [7, 11) is 0. The molecular weight excluding hydrogens is 621 g/mol. The summed E-state index contributed by atoms with van der Waals surface area (Å²) in [5.74, 6) is 2.88. The molecule has 0 aromatic carbocycles. The van der Waals surface area contributed by atoms with Gasteiger partial charge in [0, 0.05) is 0 Å². The van der Waals surface area contributed by atoms with Gasteiger partial charge in [0.1, 0.15) is 0 Å². The second kappa shape index (κ2) is 7.55. The normalized spacial score (nSPS) is 38.2. The standard InChI is InChI=1S/C12H16S2Se2Te2/c17-11(1-7-3-13-7)9-5-15-6-10(16-9)12(18)2-8-4-14-8/h7-10H,1-6H2. The van der Waals surface area contributed by atoms with Crippen LogP contribution in [-0.4, -0.2) is 103 Å². The third-order valence-electron chi connectivity index (χ3n) is 3.25. The minimum atomic E-state index is 0.887. The first kappa shape index (κ1) is 15.9. The molecule has 18 heavy (non-hydrogen) atoms. The first-order chi connectivity index (χ1) is 8.72. The Hall–Kier alpha value is 3.06. The fraction of sp³-hybridized carbons (Fsp3) is 0.833. The van der Waals surface area contributed by atoms with Crippen LogP contribution in [0.15, 0.2) is 0 Å². The zero-order chi connectivity index (χ0) is 12.5. The number of thioether (sulfide) groups is 2. The third-order valence-corrected chi connectivity index (χ3v) is 17.7. The molecule has 100 valence electrons. The monoisotopic (exact) mass is 644 g/mol. The van der Waals surface area contributed by atoms with E-state index >= 15 is 0 Å². The summed E-state index contributed by atoms with van der Waals surface area (Å²) in [6, 6.07) is 0. The van der Waals surface area contributed by atoms with Gasteiger partial charge in [-0.2, -0.15) is 0 Å². The van der Waals surface area contributed by atoms with Crippen molar-refractivity contribution in [2.24, 2.45) is 0 Å². The fourth-order valence-electron chi connectivity index (χ4n) is 1.98. The van der Waals surface area contributed by atoms with Gasteiger partial charge in [0.25, 0.3) is 0 Å². The van der Waals surface area contributed by atoms with E-state index in [0.29, 0.717) is 0 Å². The average Bonchev–Trinajstić information content (AvgIpc) is 3.25. The molecule has 6 heteroatoms. The average molecular weight is 638 g/mol. The van der Waals surface area contributed by atoms with Crippen molar-refractivity contribution < 1.29 is 0 Å². The van der Waals surface area contributed by atoms with Crippen molar-refractivity contribution in [2.45, 2.75) is 43.6 Å².